The van der Waals surface area contributed by atoms with Gasteiger partial charge in [0.25, 0.3) is 0 Å². The van der Waals surface area contributed by atoms with E-state index in [1.54, 1.807) is 25.1 Å². The molecular weight excluding hydrogens is 349 g/mol. The van der Waals surface area contributed by atoms with Gasteiger partial charge in [-0.05, 0) is 55.3 Å². The SMILES string of the molecule is Cc1cc(OCc2ccc3c(c2)OCO3)nc(Nc2ccc(F)c(C)c2)n1. The number of anilines is 2. The Bertz CT molecular complexity index is 994. The Balaban J connectivity index is 1.47. The maximum atomic E-state index is 13.4. The highest BCUT2D eigenvalue weighted by atomic mass is 19.1. The van der Waals surface area contributed by atoms with Gasteiger partial charge in [0.2, 0.25) is 18.6 Å². The summed E-state index contributed by atoms with van der Waals surface area (Å²) in [4.78, 5) is 8.73. The summed E-state index contributed by atoms with van der Waals surface area (Å²) in [6.45, 7) is 4.14. The molecule has 0 radical (unpaired) electrons. The van der Waals surface area contributed by atoms with E-state index in [4.69, 9.17) is 14.2 Å². The molecule has 2 aromatic carbocycles. The van der Waals surface area contributed by atoms with Crippen molar-refractivity contribution in [3.8, 4) is 17.4 Å². The topological polar surface area (TPSA) is 65.5 Å². The third kappa shape index (κ3) is 3.92. The van der Waals surface area contributed by atoms with Crippen LogP contribution < -0.4 is 19.5 Å². The fourth-order valence-electron chi connectivity index (χ4n) is 2.71. The molecule has 0 amide bonds. The zero-order chi connectivity index (χ0) is 18.8. The van der Waals surface area contributed by atoms with Crippen LogP contribution in [-0.4, -0.2) is 16.8 Å². The van der Waals surface area contributed by atoms with Crippen molar-refractivity contribution < 1.29 is 18.6 Å². The van der Waals surface area contributed by atoms with E-state index in [9.17, 15) is 4.39 Å². The van der Waals surface area contributed by atoms with Gasteiger partial charge in [0, 0.05) is 17.4 Å². The van der Waals surface area contributed by atoms with Crippen LogP contribution in [0.1, 0.15) is 16.8 Å². The molecule has 0 unspecified atom stereocenters. The summed E-state index contributed by atoms with van der Waals surface area (Å²) in [5.74, 6) is 2.03. The van der Waals surface area contributed by atoms with E-state index in [0.717, 1.165) is 17.0 Å². The van der Waals surface area contributed by atoms with Gasteiger partial charge in [-0.15, -0.1) is 0 Å². The van der Waals surface area contributed by atoms with Crippen LogP contribution in [-0.2, 0) is 6.61 Å². The molecule has 0 aliphatic carbocycles. The van der Waals surface area contributed by atoms with Crippen molar-refractivity contribution in [1.29, 1.82) is 0 Å². The van der Waals surface area contributed by atoms with Crippen molar-refractivity contribution in [2.45, 2.75) is 20.5 Å². The van der Waals surface area contributed by atoms with E-state index in [-0.39, 0.29) is 12.6 Å². The predicted molar refractivity (Wildman–Crippen MR) is 98.1 cm³/mol. The Hall–Kier alpha value is -3.35. The first-order valence-electron chi connectivity index (χ1n) is 8.47. The highest BCUT2D eigenvalue weighted by molar-refractivity contribution is 5.55. The Labute approximate surface area is 155 Å². The highest BCUT2D eigenvalue weighted by Gasteiger charge is 2.13. The molecule has 1 aliphatic rings. The van der Waals surface area contributed by atoms with Gasteiger partial charge in [-0.2, -0.15) is 4.98 Å². The fourth-order valence-corrected chi connectivity index (χ4v) is 2.71. The number of fused-ring (bicyclic) bond motifs is 1. The van der Waals surface area contributed by atoms with Crippen LogP contribution in [0.2, 0.25) is 0 Å². The van der Waals surface area contributed by atoms with Gasteiger partial charge in [0.15, 0.2) is 11.5 Å². The number of halogens is 1. The molecule has 6 nitrogen and oxygen atoms in total. The van der Waals surface area contributed by atoms with Crippen molar-refractivity contribution >= 4 is 11.6 Å². The van der Waals surface area contributed by atoms with E-state index in [1.165, 1.54) is 6.07 Å². The van der Waals surface area contributed by atoms with E-state index in [1.807, 2.05) is 25.1 Å². The molecule has 0 fully saturated rings. The summed E-state index contributed by atoms with van der Waals surface area (Å²) in [5, 5.41) is 3.08. The monoisotopic (exact) mass is 367 g/mol. The standard InChI is InChI=1S/C20H18FN3O3/c1-12-7-15(4-5-16(12)21)23-20-22-13(2)8-19(24-20)25-10-14-3-6-17-18(9-14)27-11-26-17/h3-9H,10-11H2,1-2H3,(H,22,23,24). The first-order chi connectivity index (χ1) is 13.1. The first kappa shape index (κ1) is 17.1. The number of nitrogens with one attached hydrogen (secondary N) is 1. The molecule has 138 valence electrons. The number of benzene rings is 2. The minimum atomic E-state index is -0.251. The summed E-state index contributed by atoms with van der Waals surface area (Å²) in [6, 6.07) is 12.2. The largest absolute Gasteiger partial charge is 0.473 e. The summed E-state index contributed by atoms with van der Waals surface area (Å²) in [7, 11) is 0. The van der Waals surface area contributed by atoms with Crippen molar-refractivity contribution in [3.05, 3.63) is 65.1 Å². The summed E-state index contributed by atoms with van der Waals surface area (Å²) in [6.07, 6.45) is 0. The number of hydrogen-bond acceptors (Lipinski definition) is 6. The van der Waals surface area contributed by atoms with E-state index < -0.39 is 0 Å². The second-order valence-electron chi connectivity index (χ2n) is 6.24. The Morgan fingerprint density at radius 2 is 1.89 bits per heavy atom. The summed E-state index contributed by atoms with van der Waals surface area (Å²) in [5.41, 5.74) is 2.96. The molecule has 7 heteroatoms. The zero-order valence-electron chi connectivity index (χ0n) is 15.0. The molecule has 0 saturated carbocycles. The number of aromatic nitrogens is 2. The van der Waals surface area contributed by atoms with Gasteiger partial charge < -0.3 is 19.5 Å². The molecule has 27 heavy (non-hydrogen) atoms. The van der Waals surface area contributed by atoms with Gasteiger partial charge in [-0.3, -0.25) is 0 Å². The summed E-state index contributed by atoms with van der Waals surface area (Å²) >= 11 is 0. The van der Waals surface area contributed by atoms with Crippen LogP contribution in [0.25, 0.3) is 0 Å². The average molecular weight is 367 g/mol. The second kappa shape index (κ2) is 7.11. The van der Waals surface area contributed by atoms with Crippen LogP contribution in [0.15, 0.2) is 42.5 Å². The number of aryl methyl sites for hydroxylation is 2. The van der Waals surface area contributed by atoms with Crippen LogP contribution in [0.3, 0.4) is 0 Å². The Kier molecular flexibility index (Phi) is 4.50. The molecule has 0 spiro atoms. The van der Waals surface area contributed by atoms with Crippen molar-refractivity contribution in [3.63, 3.8) is 0 Å². The second-order valence-corrected chi connectivity index (χ2v) is 6.24. The van der Waals surface area contributed by atoms with Gasteiger partial charge in [-0.25, -0.2) is 9.37 Å². The molecule has 0 bridgehead atoms. The zero-order valence-corrected chi connectivity index (χ0v) is 15.0. The maximum absolute atomic E-state index is 13.4. The lowest BCUT2D eigenvalue weighted by atomic mass is 10.2. The van der Waals surface area contributed by atoms with E-state index in [0.29, 0.717) is 35.4 Å². The van der Waals surface area contributed by atoms with Crippen LogP contribution in [0.5, 0.6) is 17.4 Å². The third-order valence-electron chi connectivity index (χ3n) is 4.07. The minimum absolute atomic E-state index is 0.239. The smallest absolute Gasteiger partial charge is 0.231 e. The lowest BCUT2D eigenvalue weighted by Gasteiger charge is -2.10. The molecule has 0 atom stereocenters. The molecule has 2 heterocycles. The van der Waals surface area contributed by atoms with Gasteiger partial charge >= 0.3 is 0 Å². The van der Waals surface area contributed by atoms with Gasteiger partial charge in [0.1, 0.15) is 12.4 Å². The molecule has 0 saturated heterocycles. The van der Waals surface area contributed by atoms with Gasteiger partial charge in [0.05, 0.1) is 0 Å². The molecule has 4 rings (SSSR count). The van der Waals surface area contributed by atoms with E-state index >= 15 is 0 Å². The molecule has 1 aliphatic heterocycles. The summed E-state index contributed by atoms with van der Waals surface area (Å²) < 4.78 is 29.9. The quantitative estimate of drug-likeness (QED) is 0.726. The maximum Gasteiger partial charge on any atom is 0.231 e. The molecular formula is C20H18FN3O3. The predicted octanol–water partition coefficient (Wildman–Crippen LogP) is 4.28. The fraction of sp³-hybridized carbons (Fsp3) is 0.200. The van der Waals surface area contributed by atoms with Crippen molar-refractivity contribution in [2.75, 3.05) is 12.1 Å². The highest BCUT2D eigenvalue weighted by Crippen LogP contribution is 2.32. The number of rotatable bonds is 5. The lowest BCUT2D eigenvalue weighted by Crippen LogP contribution is -2.03. The Morgan fingerprint density at radius 1 is 1.04 bits per heavy atom. The van der Waals surface area contributed by atoms with Crippen LogP contribution >= 0.6 is 0 Å². The average Bonchev–Trinajstić information content (AvgIpc) is 3.10. The van der Waals surface area contributed by atoms with Crippen LogP contribution in [0, 0.1) is 19.7 Å². The minimum Gasteiger partial charge on any atom is -0.473 e. The molecule has 1 aromatic heterocycles. The van der Waals surface area contributed by atoms with Crippen molar-refractivity contribution in [1.82, 2.24) is 9.97 Å². The molecule has 3 aromatic rings. The van der Waals surface area contributed by atoms with Crippen molar-refractivity contribution in [2.24, 2.45) is 0 Å². The van der Waals surface area contributed by atoms with Gasteiger partial charge in [-0.1, -0.05) is 6.07 Å². The third-order valence-corrected chi connectivity index (χ3v) is 4.07. The number of ether oxygens (including phenoxy) is 3. The lowest BCUT2D eigenvalue weighted by molar-refractivity contribution is 0.174. The number of nitrogens with zero attached hydrogens (tertiary/aromatic N) is 2. The normalized spacial score (nSPS) is 12.1. The Morgan fingerprint density at radius 3 is 2.74 bits per heavy atom. The first-order valence-corrected chi connectivity index (χ1v) is 8.47. The van der Waals surface area contributed by atoms with Crippen LogP contribution in [0.4, 0.5) is 16.0 Å². The number of hydrogen-bond donors (Lipinski definition) is 1. The molecule has 1 N–H and O–H groups in total. The van der Waals surface area contributed by atoms with E-state index in [2.05, 4.69) is 15.3 Å².